The zero-order chi connectivity index (χ0) is 31.7. The van der Waals surface area contributed by atoms with Crippen LogP contribution in [0.15, 0.2) is 41.4 Å². The average Bonchev–Trinajstić information content (AvgIpc) is 3.32. The lowest BCUT2D eigenvalue weighted by molar-refractivity contribution is 0.0585. The zero-order valence-electron chi connectivity index (χ0n) is 23.8. The van der Waals surface area contributed by atoms with E-state index in [1.807, 2.05) is 4.72 Å². The summed E-state index contributed by atoms with van der Waals surface area (Å²) in [7, 11) is -3.69. The number of methoxy groups -OCH3 is 2. The number of nitrogens with one attached hydrogen (secondary N) is 1. The van der Waals surface area contributed by atoms with E-state index in [0.717, 1.165) is 48.3 Å². The number of aromatic nitrogens is 3. The summed E-state index contributed by atoms with van der Waals surface area (Å²) < 4.78 is 91.8. The first kappa shape index (κ1) is 32.3. The highest BCUT2D eigenvalue weighted by molar-refractivity contribution is 7.92. The van der Waals surface area contributed by atoms with Crippen LogP contribution in [0.25, 0.3) is 22.0 Å². The molecule has 43 heavy (non-hydrogen) atoms. The van der Waals surface area contributed by atoms with Gasteiger partial charge in [0.2, 0.25) is 5.88 Å². The van der Waals surface area contributed by atoms with Crippen molar-refractivity contribution in [2.24, 2.45) is 0 Å². The molecule has 0 aliphatic heterocycles. The van der Waals surface area contributed by atoms with Gasteiger partial charge in [-0.25, -0.2) is 36.0 Å². The Balaban J connectivity index is 1.81. The molecule has 230 valence electrons. The predicted octanol–water partition coefficient (Wildman–Crippen LogP) is 6.08. The molecule has 4 rings (SSSR count). The highest BCUT2D eigenvalue weighted by Gasteiger charge is 2.28. The Labute approximate surface area is 251 Å². The second-order valence-electron chi connectivity index (χ2n) is 10.6. The van der Waals surface area contributed by atoms with Crippen LogP contribution >= 0.6 is 11.6 Å². The highest BCUT2D eigenvalue weighted by Crippen LogP contribution is 2.37. The molecule has 0 bridgehead atoms. The fraction of sp³-hybridized carbons (Fsp3) is 0.296. The van der Waals surface area contributed by atoms with Crippen molar-refractivity contribution in [2.45, 2.75) is 37.3 Å². The SMILES string of the molecule is COC(=O)c1nn(COCC[Si](C)(C)C)c2c(F)c(-c3c(F)ccc(NS(=O)(=O)c4cc(Cl)cnc4OC)c3F)ccc12. The Hall–Kier alpha value is -3.66. The fourth-order valence-electron chi connectivity index (χ4n) is 4.13. The number of ether oxygens (including phenoxy) is 3. The van der Waals surface area contributed by atoms with Crippen molar-refractivity contribution in [2.75, 3.05) is 25.5 Å². The van der Waals surface area contributed by atoms with Gasteiger partial charge in [0, 0.05) is 31.8 Å². The molecule has 0 saturated heterocycles. The first-order valence-electron chi connectivity index (χ1n) is 12.7. The first-order valence-corrected chi connectivity index (χ1v) is 18.3. The number of hydrogen-bond acceptors (Lipinski definition) is 8. The Bertz CT molecular complexity index is 1810. The van der Waals surface area contributed by atoms with Gasteiger partial charge in [-0.15, -0.1) is 0 Å². The van der Waals surface area contributed by atoms with E-state index < -0.39 is 63.2 Å². The van der Waals surface area contributed by atoms with Gasteiger partial charge in [-0.2, -0.15) is 5.10 Å². The van der Waals surface area contributed by atoms with E-state index in [4.69, 9.17) is 25.8 Å². The standard InChI is InChI=1S/C27H28ClF3N4O6SSi/c1-39-26-20(12-15(28)13-32-26)42(37,38)34-19-9-8-18(29)21(23(19)31)16-6-7-17-24(27(36)40-2)33-35(25(17)22(16)30)14-41-10-11-43(3,4)5/h6-9,12-13,34H,10-11,14H2,1-5H3. The minimum Gasteiger partial charge on any atom is -0.480 e. The average molecular weight is 657 g/mol. The minimum absolute atomic E-state index is 0.0279. The maximum atomic E-state index is 16.2. The molecule has 0 fully saturated rings. The Kier molecular flexibility index (Phi) is 9.39. The van der Waals surface area contributed by atoms with E-state index in [2.05, 4.69) is 29.7 Å². The van der Waals surface area contributed by atoms with Crippen LogP contribution in [-0.4, -0.2) is 58.1 Å². The van der Waals surface area contributed by atoms with Gasteiger partial charge >= 0.3 is 5.97 Å². The number of fused-ring (bicyclic) bond motifs is 1. The normalized spacial score (nSPS) is 12.0. The molecule has 2 aromatic carbocycles. The van der Waals surface area contributed by atoms with Crippen molar-refractivity contribution in [1.29, 1.82) is 0 Å². The van der Waals surface area contributed by atoms with Crippen LogP contribution < -0.4 is 9.46 Å². The number of sulfonamides is 1. The van der Waals surface area contributed by atoms with Gasteiger partial charge in [-0.05, 0) is 30.3 Å². The van der Waals surface area contributed by atoms with Crippen molar-refractivity contribution < 1.29 is 40.6 Å². The van der Waals surface area contributed by atoms with Crippen LogP contribution in [0.1, 0.15) is 10.5 Å². The van der Waals surface area contributed by atoms with Crippen molar-refractivity contribution in [3.05, 3.63) is 64.7 Å². The predicted molar refractivity (Wildman–Crippen MR) is 157 cm³/mol. The minimum atomic E-state index is -4.55. The van der Waals surface area contributed by atoms with Crippen LogP contribution in [0.5, 0.6) is 5.88 Å². The second-order valence-corrected chi connectivity index (χ2v) is 18.3. The number of carbonyl (C=O) groups is 1. The van der Waals surface area contributed by atoms with Gasteiger partial charge < -0.3 is 14.2 Å². The number of esters is 1. The van der Waals surface area contributed by atoms with Crippen LogP contribution in [0.3, 0.4) is 0 Å². The van der Waals surface area contributed by atoms with E-state index in [1.54, 1.807) is 0 Å². The van der Waals surface area contributed by atoms with Gasteiger partial charge in [0.15, 0.2) is 22.2 Å². The summed E-state index contributed by atoms with van der Waals surface area (Å²) in [4.78, 5) is 15.7. The van der Waals surface area contributed by atoms with Crippen LogP contribution in [0.2, 0.25) is 30.7 Å². The molecule has 0 amide bonds. The number of hydrogen-bond donors (Lipinski definition) is 1. The quantitative estimate of drug-likeness (QED) is 0.117. The maximum absolute atomic E-state index is 16.2. The molecule has 0 atom stereocenters. The summed E-state index contributed by atoms with van der Waals surface area (Å²) in [6, 6.07) is 5.80. The van der Waals surface area contributed by atoms with Crippen molar-refractivity contribution >= 4 is 52.3 Å². The maximum Gasteiger partial charge on any atom is 0.359 e. The molecule has 0 spiro atoms. The monoisotopic (exact) mass is 656 g/mol. The van der Waals surface area contributed by atoms with E-state index in [9.17, 15) is 13.2 Å². The summed E-state index contributed by atoms with van der Waals surface area (Å²) in [5, 5.41) is 4.13. The number of pyridine rings is 1. The first-order chi connectivity index (χ1) is 20.2. The molecular weight excluding hydrogens is 629 g/mol. The zero-order valence-corrected chi connectivity index (χ0v) is 26.4. The third-order valence-corrected chi connectivity index (χ3v) is 9.58. The number of rotatable bonds is 11. The summed E-state index contributed by atoms with van der Waals surface area (Å²) >= 11 is 5.89. The van der Waals surface area contributed by atoms with Gasteiger partial charge in [-0.1, -0.05) is 37.3 Å². The molecule has 1 N–H and O–H groups in total. The lowest BCUT2D eigenvalue weighted by atomic mass is 10.0. The van der Waals surface area contributed by atoms with Crippen molar-refractivity contribution in [1.82, 2.24) is 14.8 Å². The van der Waals surface area contributed by atoms with Crippen LogP contribution in [0.4, 0.5) is 18.9 Å². The van der Waals surface area contributed by atoms with E-state index >= 15 is 13.2 Å². The molecule has 2 heterocycles. The molecule has 0 aliphatic carbocycles. The smallest absolute Gasteiger partial charge is 0.359 e. The topological polar surface area (TPSA) is 122 Å². The summed E-state index contributed by atoms with van der Waals surface area (Å²) in [5.74, 6) is -4.86. The van der Waals surface area contributed by atoms with E-state index in [-0.39, 0.29) is 34.2 Å². The van der Waals surface area contributed by atoms with Crippen LogP contribution in [0, 0.1) is 17.5 Å². The molecular formula is C27H28ClF3N4O6SSi. The molecule has 16 heteroatoms. The number of benzene rings is 2. The number of nitrogens with zero attached hydrogens (tertiary/aromatic N) is 3. The number of carbonyl (C=O) groups excluding carboxylic acids is 1. The Morgan fingerprint density at radius 1 is 1.09 bits per heavy atom. The molecule has 10 nitrogen and oxygen atoms in total. The molecule has 0 saturated carbocycles. The fourth-order valence-corrected chi connectivity index (χ4v) is 6.31. The Morgan fingerprint density at radius 2 is 1.81 bits per heavy atom. The lowest BCUT2D eigenvalue weighted by Crippen LogP contribution is -2.22. The summed E-state index contributed by atoms with van der Waals surface area (Å²) in [6.45, 7) is 6.56. The second kappa shape index (κ2) is 12.5. The molecule has 0 radical (unpaired) electrons. The molecule has 4 aromatic rings. The third kappa shape index (κ3) is 6.79. The third-order valence-electron chi connectivity index (χ3n) is 6.31. The summed E-state index contributed by atoms with van der Waals surface area (Å²) in [6.07, 6.45) is 1.16. The number of anilines is 1. The van der Waals surface area contributed by atoms with Crippen molar-refractivity contribution in [3.8, 4) is 17.0 Å². The Morgan fingerprint density at radius 3 is 2.47 bits per heavy atom. The van der Waals surface area contributed by atoms with Gasteiger partial charge in [0.1, 0.15) is 18.1 Å². The van der Waals surface area contributed by atoms with Crippen molar-refractivity contribution in [3.63, 3.8) is 0 Å². The molecule has 0 aliphatic rings. The molecule has 0 unspecified atom stereocenters. The summed E-state index contributed by atoms with van der Waals surface area (Å²) in [5.41, 5.74) is -2.57. The highest BCUT2D eigenvalue weighted by atomic mass is 35.5. The lowest BCUT2D eigenvalue weighted by Gasteiger charge is -2.16. The molecule has 2 aromatic heterocycles. The van der Waals surface area contributed by atoms with E-state index in [1.165, 1.54) is 13.2 Å². The van der Waals surface area contributed by atoms with E-state index in [0.29, 0.717) is 6.61 Å². The van der Waals surface area contributed by atoms with Gasteiger partial charge in [0.05, 0.1) is 30.5 Å². The number of halogens is 4. The largest absolute Gasteiger partial charge is 0.480 e. The van der Waals surface area contributed by atoms with Gasteiger partial charge in [0.25, 0.3) is 10.0 Å². The van der Waals surface area contributed by atoms with Crippen LogP contribution in [-0.2, 0) is 26.2 Å². The van der Waals surface area contributed by atoms with Gasteiger partial charge in [-0.3, -0.25) is 4.72 Å².